The van der Waals surface area contributed by atoms with Crippen LogP contribution in [-0.2, 0) is 33.7 Å². The fourth-order valence-electron chi connectivity index (χ4n) is 3.35. The lowest BCUT2D eigenvalue weighted by Crippen LogP contribution is -2.22. The zero-order chi connectivity index (χ0) is 29.7. The smallest absolute Gasteiger partial charge is 0.348 e. The molecule has 1 heterocycles. The number of anilines is 1. The van der Waals surface area contributed by atoms with Crippen molar-refractivity contribution in [2.45, 2.75) is 18.9 Å². The van der Waals surface area contributed by atoms with Crippen LogP contribution < -0.4 is 10.0 Å². The molecule has 1 aromatic heterocycles. The summed E-state index contributed by atoms with van der Waals surface area (Å²) in [7, 11) is -4.23. The minimum atomic E-state index is -5.12. The van der Waals surface area contributed by atoms with Crippen LogP contribution in [0.15, 0.2) is 60.7 Å². The van der Waals surface area contributed by atoms with Crippen molar-refractivity contribution in [2.24, 2.45) is 0 Å². The zero-order valence-electron chi connectivity index (χ0n) is 20.4. The molecule has 0 aliphatic rings. The Kier molecular flexibility index (Phi) is 9.03. The van der Waals surface area contributed by atoms with Crippen LogP contribution >= 0.6 is 0 Å². The molecule has 6 nitrogen and oxygen atoms in total. The molecule has 0 spiro atoms. The second kappa shape index (κ2) is 11.9. The van der Waals surface area contributed by atoms with Crippen molar-refractivity contribution in [3.05, 3.63) is 100 Å². The van der Waals surface area contributed by atoms with Crippen LogP contribution in [0.4, 0.5) is 36.4 Å². The maximum absolute atomic E-state index is 14.4. The normalized spacial score (nSPS) is 12.7. The van der Waals surface area contributed by atoms with E-state index in [2.05, 4.69) is 10.3 Å². The first-order valence-corrected chi connectivity index (χ1v) is 13.1. The molecule has 0 radical (unpaired) electrons. The van der Waals surface area contributed by atoms with Gasteiger partial charge in [-0.25, -0.2) is 17.8 Å². The van der Waals surface area contributed by atoms with Crippen LogP contribution in [0, 0.1) is 5.82 Å². The molecule has 0 bridgehead atoms. The van der Waals surface area contributed by atoms with Crippen LogP contribution in [0.1, 0.15) is 33.6 Å². The quantitative estimate of drug-likeness (QED) is 0.245. The fraction of sp³-hybridized carbons (Fsp3) is 0.154. The third-order valence-corrected chi connectivity index (χ3v) is 5.68. The molecular weight excluding hydrogens is 567 g/mol. The topological polar surface area (TPSA) is 88.2 Å². The molecule has 1 amide bonds. The monoisotopic (exact) mass is 587 g/mol. The van der Waals surface area contributed by atoms with Crippen molar-refractivity contribution >= 4 is 39.8 Å². The number of carbonyl (C=O) groups is 1. The summed E-state index contributed by atoms with van der Waals surface area (Å²) < 4.78 is 118. The first kappa shape index (κ1) is 30.3. The molecule has 3 rings (SSSR count). The summed E-state index contributed by atoms with van der Waals surface area (Å²) in [6.45, 7) is -0.575. The van der Waals surface area contributed by atoms with E-state index in [-0.39, 0.29) is 16.8 Å². The molecule has 3 aromatic rings. The van der Waals surface area contributed by atoms with Gasteiger partial charge in [-0.3, -0.25) is 9.52 Å². The maximum atomic E-state index is 14.4. The number of rotatable bonds is 8. The first-order valence-electron chi connectivity index (χ1n) is 11.2. The molecule has 0 saturated carbocycles. The minimum absolute atomic E-state index is 0.103. The van der Waals surface area contributed by atoms with Gasteiger partial charge in [0.1, 0.15) is 11.5 Å². The summed E-state index contributed by atoms with van der Waals surface area (Å²) in [5.41, 5.74) is -3.64. The van der Waals surface area contributed by atoms with E-state index in [0.717, 1.165) is 24.3 Å². The SMILES string of the molecule is CS(=O)(=O)Nc1c(F)cc(CNC(=O)C=Cc2ccc(C(F)(F)F)nc2C=Cc2ccccc2)cc1C(F)(F)F. The third kappa shape index (κ3) is 8.66. The molecule has 0 saturated heterocycles. The Morgan fingerprint density at radius 2 is 1.60 bits per heavy atom. The van der Waals surface area contributed by atoms with Gasteiger partial charge in [-0.15, -0.1) is 0 Å². The highest BCUT2D eigenvalue weighted by Crippen LogP contribution is 2.37. The number of hydrogen-bond acceptors (Lipinski definition) is 4. The Bertz CT molecular complexity index is 1550. The lowest BCUT2D eigenvalue weighted by molar-refractivity contribution is -0.141. The molecule has 40 heavy (non-hydrogen) atoms. The highest BCUT2D eigenvalue weighted by atomic mass is 32.2. The zero-order valence-corrected chi connectivity index (χ0v) is 21.3. The van der Waals surface area contributed by atoms with E-state index in [0.29, 0.717) is 24.0 Å². The second-order valence-electron chi connectivity index (χ2n) is 8.34. The molecule has 0 fully saturated rings. The Labute approximate surface area is 224 Å². The van der Waals surface area contributed by atoms with Crippen molar-refractivity contribution in [2.75, 3.05) is 11.0 Å². The van der Waals surface area contributed by atoms with Crippen molar-refractivity contribution in [3.8, 4) is 0 Å². The number of sulfonamides is 1. The average Bonchev–Trinajstić information content (AvgIpc) is 2.85. The molecule has 14 heteroatoms. The van der Waals surface area contributed by atoms with Gasteiger partial charge >= 0.3 is 12.4 Å². The van der Waals surface area contributed by atoms with Crippen molar-refractivity contribution < 1.29 is 43.9 Å². The number of amides is 1. The summed E-state index contributed by atoms with van der Waals surface area (Å²) >= 11 is 0. The van der Waals surface area contributed by atoms with Gasteiger partial charge in [0.05, 0.1) is 23.2 Å². The summed E-state index contributed by atoms with van der Waals surface area (Å²) in [5, 5.41) is 2.24. The number of pyridine rings is 1. The van der Waals surface area contributed by atoms with Crippen molar-refractivity contribution in [1.29, 1.82) is 0 Å². The van der Waals surface area contributed by atoms with Crippen molar-refractivity contribution in [3.63, 3.8) is 0 Å². The van der Waals surface area contributed by atoms with Gasteiger partial charge in [0, 0.05) is 18.2 Å². The van der Waals surface area contributed by atoms with E-state index in [1.54, 1.807) is 30.3 Å². The van der Waals surface area contributed by atoms with Crippen molar-refractivity contribution in [1.82, 2.24) is 10.3 Å². The highest BCUT2D eigenvalue weighted by Gasteiger charge is 2.36. The number of carbonyl (C=O) groups excluding carboxylic acids is 1. The van der Waals surface area contributed by atoms with Crippen LogP contribution in [-0.4, -0.2) is 25.6 Å². The van der Waals surface area contributed by atoms with Crippen LogP contribution in [0.3, 0.4) is 0 Å². The summed E-state index contributed by atoms with van der Waals surface area (Å²) in [6.07, 6.45) is -4.34. The number of nitrogens with zero attached hydrogens (tertiary/aromatic N) is 1. The number of alkyl halides is 6. The standard InChI is InChI=1S/C26H20F7N3O3S/c1-40(38,39)36-24-19(25(28,29)30)13-17(14-20(24)27)15-34-23(37)12-9-18-8-11-22(26(31,32)33)35-21(18)10-7-16-5-3-2-4-6-16/h2-14,36H,15H2,1H3,(H,34,37). The van der Waals surface area contributed by atoms with Gasteiger partial charge in [-0.1, -0.05) is 42.5 Å². The third-order valence-electron chi connectivity index (χ3n) is 5.10. The molecule has 212 valence electrons. The number of halogens is 7. The van der Waals surface area contributed by atoms with Gasteiger partial charge in [-0.2, -0.15) is 26.3 Å². The Hall–Kier alpha value is -4.20. The van der Waals surface area contributed by atoms with Crippen LogP contribution in [0.25, 0.3) is 18.2 Å². The molecule has 0 aliphatic carbocycles. The largest absolute Gasteiger partial charge is 0.433 e. The average molecular weight is 588 g/mol. The van der Waals surface area contributed by atoms with Gasteiger partial charge in [-0.05, 0) is 41.5 Å². The second-order valence-corrected chi connectivity index (χ2v) is 10.1. The fourth-order valence-corrected chi connectivity index (χ4v) is 3.93. The number of hydrogen-bond donors (Lipinski definition) is 2. The van der Waals surface area contributed by atoms with Gasteiger partial charge in [0.15, 0.2) is 0 Å². The van der Waals surface area contributed by atoms with E-state index >= 15 is 0 Å². The van der Waals surface area contributed by atoms with Crippen LogP contribution in [0.2, 0.25) is 0 Å². The molecule has 2 N–H and O–H groups in total. The number of benzene rings is 2. The summed E-state index contributed by atoms with van der Waals surface area (Å²) in [5.74, 6) is -2.36. The first-order chi connectivity index (χ1) is 18.5. The Morgan fingerprint density at radius 3 is 2.20 bits per heavy atom. The lowest BCUT2D eigenvalue weighted by Gasteiger charge is -2.16. The number of nitrogens with one attached hydrogen (secondary N) is 2. The Morgan fingerprint density at radius 1 is 0.925 bits per heavy atom. The predicted octanol–water partition coefficient (Wildman–Crippen LogP) is 6.13. The minimum Gasteiger partial charge on any atom is -0.348 e. The molecule has 2 aromatic carbocycles. The highest BCUT2D eigenvalue weighted by molar-refractivity contribution is 7.92. The number of aromatic nitrogens is 1. The molecule has 0 aliphatic heterocycles. The van der Waals surface area contributed by atoms with Gasteiger partial charge < -0.3 is 5.32 Å². The summed E-state index contributed by atoms with van der Waals surface area (Å²) in [6, 6.07) is 11.6. The lowest BCUT2D eigenvalue weighted by atomic mass is 10.1. The van der Waals surface area contributed by atoms with Crippen LogP contribution in [0.5, 0.6) is 0 Å². The Balaban J connectivity index is 1.82. The predicted molar refractivity (Wildman–Crippen MR) is 135 cm³/mol. The van der Waals surface area contributed by atoms with Gasteiger partial charge in [0.2, 0.25) is 15.9 Å². The summed E-state index contributed by atoms with van der Waals surface area (Å²) in [4.78, 5) is 15.9. The van der Waals surface area contributed by atoms with E-state index in [4.69, 9.17) is 0 Å². The molecular formula is C26H20F7N3O3S. The maximum Gasteiger partial charge on any atom is 0.433 e. The van der Waals surface area contributed by atoms with E-state index in [9.17, 15) is 43.9 Å². The molecule has 0 atom stereocenters. The van der Waals surface area contributed by atoms with E-state index in [1.165, 1.54) is 16.9 Å². The van der Waals surface area contributed by atoms with E-state index < -0.39 is 57.6 Å². The molecule has 0 unspecified atom stereocenters. The van der Waals surface area contributed by atoms with Gasteiger partial charge in [0.25, 0.3) is 0 Å². The van der Waals surface area contributed by atoms with E-state index in [1.807, 2.05) is 0 Å².